The van der Waals surface area contributed by atoms with Crippen LogP contribution in [0, 0.1) is 3.57 Å². The molecule has 1 heterocycles. The van der Waals surface area contributed by atoms with E-state index in [2.05, 4.69) is 32.6 Å². The molecule has 22 heavy (non-hydrogen) atoms. The minimum Gasteiger partial charge on any atom is -0.461 e. The molecule has 0 bridgehead atoms. The second-order valence-corrected chi connectivity index (χ2v) is 5.48. The van der Waals surface area contributed by atoms with Crippen molar-refractivity contribution in [2.45, 2.75) is 13.5 Å². The minimum absolute atomic E-state index is 0.0396. The van der Waals surface area contributed by atoms with Crippen LogP contribution in [0.1, 0.15) is 33.5 Å². The predicted molar refractivity (Wildman–Crippen MR) is 85.6 cm³/mol. The lowest BCUT2D eigenvalue weighted by Gasteiger charge is -2.05. The van der Waals surface area contributed by atoms with E-state index in [1.165, 1.54) is 0 Å². The topological polar surface area (TPSA) is 101 Å². The fourth-order valence-corrected chi connectivity index (χ4v) is 2.07. The first-order chi connectivity index (χ1) is 10.5. The van der Waals surface area contributed by atoms with Gasteiger partial charge in [0.25, 0.3) is 0 Å². The number of benzene rings is 1. The zero-order valence-electron chi connectivity index (χ0n) is 11.6. The zero-order chi connectivity index (χ0) is 16.1. The lowest BCUT2D eigenvalue weighted by molar-refractivity contribution is 0.0444. The molecule has 1 aromatic heterocycles. The van der Waals surface area contributed by atoms with Crippen LogP contribution in [0.4, 0.5) is 0 Å². The fourth-order valence-electron chi connectivity index (χ4n) is 1.71. The number of carbonyl (C=O) groups excluding carboxylic acids is 2. The van der Waals surface area contributed by atoms with Crippen LogP contribution in [0.5, 0.6) is 0 Å². The first-order valence-electron chi connectivity index (χ1n) is 6.42. The summed E-state index contributed by atoms with van der Waals surface area (Å²) in [6.07, 6.45) is 0. The summed E-state index contributed by atoms with van der Waals surface area (Å²) in [4.78, 5) is 39.6. The van der Waals surface area contributed by atoms with E-state index in [4.69, 9.17) is 9.47 Å². The third kappa shape index (κ3) is 3.97. The molecule has 0 aliphatic carbocycles. The highest BCUT2D eigenvalue weighted by Gasteiger charge is 2.18. The molecular weight excluding hydrogens is 403 g/mol. The maximum absolute atomic E-state index is 11.9. The van der Waals surface area contributed by atoms with Gasteiger partial charge in [-0.05, 0) is 53.8 Å². The number of hydrogen-bond acceptors (Lipinski definition) is 5. The highest BCUT2D eigenvalue weighted by atomic mass is 127. The quantitative estimate of drug-likeness (QED) is 0.573. The van der Waals surface area contributed by atoms with E-state index < -0.39 is 17.6 Å². The maximum atomic E-state index is 11.9. The van der Waals surface area contributed by atoms with Crippen LogP contribution in [0.25, 0.3) is 0 Å². The Labute approximate surface area is 139 Å². The van der Waals surface area contributed by atoms with Crippen molar-refractivity contribution in [3.63, 3.8) is 0 Å². The number of H-pyrrole nitrogens is 2. The van der Waals surface area contributed by atoms with E-state index in [0.29, 0.717) is 5.56 Å². The molecule has 2 N–H and O–H groups in total. The van der Waals surface area contributed by atoms with Gasteiger partial charge >= 0.3 is 17.6 Å². The highest BCUT2D eigenvalue weighted by molar-refractivity contribution is 14.1. The Morgan fingerprint density at radius 1 is 1.09 bits per heavy atom. The summed E-state index contributed by atoms with van der Waals surface area (Å²) in [5, 5.41) is 0. The summed E-state index contributed by atoms with van der Waals surface area (Å²) in [6, 6.07) is 6.82. The Hall–Kier alpha value is -2.10. The SMILES string of the molecule is CCOC(=O)c1[nH]c(=O)[nH]c1COC(=O)c1ccc(I)cc1. The van der Waals surface area contributed by atoms with E-state index in [1.807, 2.05) is 0 Å². The molecule has 2 rings (SSSR count). The van der Waals surface area contributed by atoms with Gasteiger partial charge in [-0.1, -0.05) is 0 Å². The normalized spacial score (nSPS) is 10.3. The van der Waals surface area contributed by atoms with E-state index >= 15 is 0 Å². The van der Waals surface area contributed by atoms with Crippen molar-refractivity contribution in [3.05, 3.63) is 55.3 Å². The first kappa shape index (κ1) is 16.3. The minimum atomic E-state index is -0.679. The molecule has 0 fully saturated rings. The first-order valence-corrected chi connectivity index (χ1v) is 7.50. The van der Waals surface area contributed by atoms with E-state index in [1.54, 1.807) is 31.2 Å². The van der Waals surface area contributed by atoms with Crippen LogP contribution >= 0.6 is 22.6 Å². The molecule has 0 saturated carbocycles. The van der Waals surface area contributed by atoms with Crippen LogP contribution in [0.15, 0.2) is 29.1 Å². The third-order valence-corrected chi connectivity index (χ3v) is 3.43. The average molecular weight is 416 g/mol. The summed E-state index contributed by atoms with van der Waals surface area (Å²) in [5.41, 5.74) is -0.0519. The molecule has 0 aliphatic rings. The van der Waals surface area contributed by atoms with Crippen molar-refractivity contribution >= 4 is 34.5 Å². The maximum Gasteiger partial charge on any atom is 0.356 e. The van der Waals surface area contributed by atoms with Crippen molar-refractivity contribution in [1.82, 2.24) is 9.97 Å². The molecule has 1 aromatic carbocycles. The molecule has 0 radical (unpaired) electrons. The van der Waals surface area contributed by atoms with Crippen molar-refractivity contribution < 1.29 is 19.1 Å². The lowest BCUT2D eigenvalue weighted by Crippen LogP contribution is -2.11. The highest BCUT2D eigenvalue weighted by Crippen LogP contribution is 2.10. The Bertz CT molecular complexity index is 732. The number of carbonyl (C=O) groups is 2. The van der Waals surface area contributed by atoms with Gasteiger partial charge in [-0.2, -0.15) is 0 Å². The van der Waals surface area contributed by atoms with Gasteiger partial charge in [0.15, 0.2) is 5.69 Å². The average Bonchev–Trinajstić information content (AvgIpc) is 2.87. The second-order valence-electron chi connectivity index (χ2n) is 4.24. The number of aromatic nitrogens is 2. The summed E-state index contributed by atoms with van der Waals surface area (Å²) in [5.74, 6) is -1.23. The molecular formula is C14H13IN2O5. The van der Waals surface area contributed by atoms with Gasteiger partial charge in [0.05, 0.1) is 17.9 Å². The molecule has 0 aliphatic heterocycles. The Kier molecular flexibility index (Phi) is 5.36. The van der Waals surface area contributed by atoms with Gasteiger partial charge in [0.2, 0.25) is 0 Å². The number of esters is 2. The number of rotatable bonds is 5. The van der Waals surface area contributed by atoms with Gasteiger partial charge in [0, 0.05) is 3.57 Å². The van der Waals surface area contributed by atoms with Crippen LogP contribution in [-0.2, 0) is 16.1 Å². The van der Waals surface area contributed by atoms with E-state index in [-0.39, 0.29) is 24.6 Å². The summed E-state index contributed by atoms with van der Waals surface area (Å²) >= 11 is 2.13. The molecule has 7 nitrogen and oxygen atoms in total. The Balaban J connectivity index is 2.08. The zero-order valence-corrected chi connectivity index (χ0v) is 13.8. The molecule has 0 spiro atoms. The smallest absolute Gasteiger partial charge is 0.356 e. The summed E-state index contributed by atoms with van der Waals surface area (Å²) < 4.78 is 10.9. The molecule has 2 aromatic rings. The van der Waals surface area contributed by atoms with Crippen molar-refractivity contribution in [2.75, 3.05) is 6.61 Å². The number of aromatic amines is 2. The Morgan fingerprint density at radius 3 is 2.41 bits per heavy atom. The molecule has 116 valence electrons. The van der Waals surface area contributed by atoms with Crippen molar-refractivity contribution in [2.24, 2.45) is 0 Å². The van der Waals surface area contributed by atoms with Crippen LogP contribution in [-0.4, -0.2) is 28.5 Å². The van der Waals surface area contributed by atoms with Crippen molar-refractivity contribution in [3.8, 4) is 0 Å². The number of halogens is 1. The van der Waals surface area contributed by atoms with Gasteiger partial charge in [-0.3, -0.25) is 4.98 Å². The van der Waals surface area contributed by atoms with Gasteiger partial charge in [-0.15, -0.1) is 0 Å². The van der Waals surface area contributed by atoms with E-state index in [0.717, 1.165) is 3.57 Å². The largest absolute Gasteiger partial charge is 0.461 e. The van der Waals surface area contributed by atoms with Gasteiger partial charge in [0.1, 0.15) is 6.61 Å². The molecule has 0 unspecified atom stereocenters. The molecule has 0 amide bonds. The lowest BCUT2D eigenvalue weighted by atomic mass is 10.2. The second kappa shape index (κ2) is 7.25. The number of hydrogen-bond donors (Lipinski definition) is 2. The monoisotopic (exact) mass is 416 g/mol. The van der Waals surface area contributed by atoms with Gasteiger partial charge < -0.3 is 14.5 Å². The van der Waals surface area contributed by atoms with Crippen LogP contribution < -0.4 is 5.69 Å². The third-order valence-electron chi connectivity index (χ3n) is 2.71. The molecule has 0 atom stereocenters. The van der Waals surface area contributed by atoms with Crippen LogP contribution in [0.2, 0.25) is 0 Å². The number of ether oxygens (including phenoxy) is 2. The Morgan fingerprint density at radius 2 is 1.77 bits per heavy atom. The standard InChI is InChI=1S/C14H13IN2O5/c1-2-21-13(19)11-10(16-14(20)17-11)7-22-12(18)8-3-5-9(15)6-4-8/h3-6H,2,7H2,1H3,(H2,16,17,20). The van der Waals surface area contributed by atoms with Crippen molar-refractivity contribution in [1.29, 1.82) is 0 Å². The molecule has 0 saturated heterocycles. The number of imidazole rings is 1. The van der Waals surface area contributed by atoms with Crippen LogP contribution in [0.3, 0.4) is 0 Å². The predicted octanol–water partition coefficient (Wildman–Crippen LogP) is 1.84. The molecule has 8 heteroatoms. The number of nitrogens with one attached hydrogen (secondary N) is 2. The fraction of sp³-hybridized carbons (Fsp3) is 0.214. The summed E-state index contributed by atoms with van der Waals surface area (Å²) in [6.45, 7) is 1.59. The van der Waals surface area contributed by atoms with E-state index in [9.17, 15) is 14.4 Å². The summed E-state index contributed by atoms with van der Waals surface area (Å²) in [7, 11) is 0. The van der Waals surface area contributed by atoms with Gasteiger partial charge in [-0.25, -0.2) is 14.4 Å².